The van der Waals surface area contributed by atoms with Crippen LogP contribution < -0.4 is 10.1 Å². The number of halogens is 1. The molecule has 1 amide bonds. The highest BCUT2D eigenvalue weighted by atomic mass is 35.5. The molecule has 6 heteroatoms. The Bertz CT molecular complexity index is 453. The Kier molecular flexibility index (Phi) is 6.29. The van der Waals surface area contributed by atoms with Gasteiger partial charge in [-0.3, -0.25) is 4.79 Å². The van der Waals surface area contributed by atoms with Crippen LogP contribution in [0.5, 0.6) is 5.75 Å². The van der Waals surface area contributed by atoms with E-state index in [-0.39, 0.29) is 12.0 Å². The number of amides is 1. The van der Waals surface area contributed by atoms with Crippen LogP contribution in [0.25, 0.3) is 0 Å². The molecule has 1 aromatic rings. The SMILES string of the molecule is CN1CCOC(CNC(=O)CCOc2ccc(Cl)cc2)C1. The molecular formula is C15H21ClN2O3. The molecule has 1 atom stereocenters. The van der Waals surface area contributed by atoms with Crippen molar-refractivity contribution >= 4 is 17.5 Å². The van der Waals surface area contributed by atoms with Gasteiger partial charge in [0.25, 0.3) is 0 Å². The predicted molar refractivity (Wildman–Crippen MR) is 81.8 cm³/mol. The number of carbonyl (C=O) groups is 1. The standard InChI is InChI=1S/C15H21ClN2O3/c1-18-7-9-21-14(11-18)10-17-15(19)6-8-20-13-4-2-12(16)3-5-13/h2-5,14H,6-11H2,1H3,(H,17,19). The van der Waals surface area contributed by atoms with Crippen LogP contribution in [0.15, 0.2) is 24.3 Å². The van der Waals surface area contributed by atoms with Gasteiger partial charge in [-0.25, -0.2) is 0 Å². The van der Waals surface area contributed by atoms with Crippen LogP contribution in [0.1, 0.15) is 6.42 Å². The smallest absolute Gasteiger partial charge is 0.223 e. The lowest BCUT2D eigenvalue weighted by atomic mass is 10.2. The molecule has 1 aliphatic heterocycles. The van der Waals surface area contributed by atoms with E-state index in [4.69, 9.17) is 21.1 Å². The maximum atomic E-state index is 11.7. The first-order chi connectivity index (χ1) is 10.1. The Labute approximate surface area is 130 Å². The molecule has 116 valence electrons. The molecule has 2 rings (SSSR count). The normalized spacial score (nSPS) is 19.2. The molecule has 1 saturated heterocycles. The fourth-order valence-electron chi connectivity index (χ4n) is 2.10. The summed E-state index contributed by atoms with van der Waals surface area (Å²) in [4.78, 5) is 13.9. The van der Waals surface area contributed by atoms with E-state index >= 15 is 0 Å². The molecule has 1 heterocycles. The second-order valence-corrected chi connectivity index (χ2v) is 5.55. The summed E-state index contributed by atoms with van der Waals surface area (Å²) in [5.74, 6) is 0.685. The lowest BCUT2D eigenvalue weighted by molar-refractivity contribution is -0.122. The molecular weight excluding hydrogens is 292 g/mol. The summed E-state index contributed by atoms with van der Waals surface area (Å²) < 4.78 is 11.1. The van der Waals surface area contributed by atoms with E-state index in [1.807, 2.05) is 0 Å². The van der Waals surface area contributed by atoms with Gasteiger partial charge >= 0.3 is 0 Å². The Hall–Kier alpha value is -1.30. The van der Waals surface area contributed by atoms with E-state index in [9.17, 15) is 4.79 Å². The number of rotatable bonds is 6. The van der Waals surface area contributed by atoms with Gasteiger partial charge in [0.1, 0.15) is 5.75 Å². The number of nitrogens with zero attached hydrogens (tertiary/aromatic N) is 1. The lowest BCUT2D eigenvalue weighted by Crippen LogP contribution is -2.46. The zero-order valence-corrected chi connectivity index (χ0v) is 12.9. The van der Waals surface area contributed by atoms with Crippen molar-refractivity contribution in [1.82, 2.24) is 10.2 Å². The highest BCUT2D eigenvalue weighted by molar-refractivity contribution is 6.30. The van der Waals surface area contributed by atoms with Crippen molar-refractivity contribution in [2.75, 3.05) is 39.9 Å². The average molecular weight is 313 g/mol. The first-order valence-electron chi connectivity index (χ1n) is 7.08. The number of benzene rings is 1. The Morgan fingerprint density at radius 3 is 2.95 bits per heavy atom. The van der Waals surface area contributed by atoms with E-state index in [0.717, 1.165) is 19.7 Å². The Balaban J connectivity index is 1.60. The first kappa shape index (κ1) is 16.1. The molecule has 21 heavy (non-hydrogen) atoms. The third-order valence-electron chi connectivity index (χ3n) is 3.28. The van der Waals surface area contributed by atoms with Crippen molar-refractivity contribution in [2.45, 2.75) is 12.5 Å². The molecule has 0 spiro atoms. The summed E-state index contributed by atoms with van der Waals surface area (Å²) in [6, 6.07) is 7.08. The number of carbonyl (C=O) groups excluding carboxylic acids is 1. The monoisotopic (exact) mass is 312 g/mol. The molecule has 0 radical (unpaired) electrons. The summed E-state index contributed by atoms with van der Waals surface area (Å²) in [7, 11) is 2.05. The highest BCUT2D eigenvalue weighted by Crippen LogP contribution is 2.15. The number of nitrogens with one attached hydrogen (secondary N) is 1. The Morgan fingerprint density at radius 1 is 1.48 bits per heavy atom. The van der Waals surface area contributed by atoms with Gasteiger partial charge < -0.3 is 19.7 Å². The highest BCUT2D eigenvalue weighted by Gasteiger charge is 2.18. The second-order valence-electron chi connectivity index (χ2n) is 5.11. The van der Waals surface area contributed by atoms with Crippen LogP contribution in [-0.2, 0) is 9.53 Å². The van der Waals surface area contributed by atoms with Crippen LogP contribution in [0, 0.1) is 0 Å². The van der Waals surface area contributed by atoms with Gasteiger partial charge in [0.05, 0.1) is 25.7 Å². The molecule has 1 unspecified atom stereocenters. The molecule has 0 aromatic heterocycles. The van der Waals surface area contributed by atoms with Crippen LogP contribution >= 0.6 is 11.6 Å². The summed E-state index contributed by atoms with van der Waals surface area (Å²) >= 11 is 5.79. The van der Waals surface area contributed by atoms with E-state index in [0.29, 0.717) is 30.3 Å². The van der Waals surface area contributed by atoms with Crippen LogP contribution in [0.4, 0.5) is 0 Å². The topological polar surface area (TPSA) is 50.8 Å². The molecule has 0 saturated carbocycles. The summed E-state index contributed by atoms with van der Waals surface area (Å²) in [5.41, 5.74) is 0. The van der Waals surface area contributed by atoms with Gasteiger partial charge in [-0.1, -0.05) is 11.6 Å². The minimum Gasteiger partial charge on any atom is -0.493 e. The van der Waals surface area contributed by atoms with E-state index < -0.39 is 0 Å². The first-order valence-corrected chi connectivity index (χ1v) is 7.46. The largest absolute Gasteiger partial charge is 0.493 e. The van der Waals surface area contributed by atoms with E-state index in [2.05, 4.69) is 17.3 Å². The van der Waals surface area contributed by atoms with E-state index in [1.165, 1.54) is 0 Å². The van der Waals surface area contributed by atoms with Crippen molar-refractivity contribution in [2.24, 2.45) is 0 Å². The van der Waals surface area contributed by atoms with Crippen molar-refractivity contribution in [3.63, 3.8) is 0 Å². The minimum atomic E-state index is -0.0270. The zero-order valence-electron chi connectivity index (χ0n) is 12.2. The van der Waals surface area contributed by atoms with Crippen LogP contribution in [0.3, 0.4) is 0 Å². The van der Waals surface area contributed by atoms with Gasteiger partial charge in [-0.15, -0.1) is 0 Å². The average Bonchev–Trinajstić information content (AvgIpc) is 2.47. The van der Waals surface area contributed by atoms with Gasteiger partial charge in [0.15, 0.2) is 0 Å². The lowest BCUT2D eigenvalue weighted by Gasteiger charge is -2.30. The number of hydrogen-bond acceptors (Lipinski definition) is 4. The van der Waals surface area contributed by atoms with Gasteiger partial charge in [0.2, 0.25) is 5.91 Å². The fraction of sp³-hybridized carbons (Fsp3) is 0.533. The quantitative estimate of drug-likeness (QED) is 0.866. The van der Waals surface area contributed by atoms with E-state index in [1.54, 1.807) is 24.3 Å². The third-order valence-corrected chi connectivity index (χ3v) is 3.53. The van der Waals surface area contributed by atoms with Gasteiger partial charge in [-0.05, 0) is 31.3 Å². The summed E-state index contributed by atoms with van der Waals surface area (Å²) in [5, 5.41) is 3.54. The minimum absolute atomic E-state index is 0.0270. The van der Waals surface area contributed by atoms with Crippen molar-refractivity contribution in [3.8, 4) is 5.75 Å². The van der Waals surface area contributed by atoms with Crippen molar-refractivity contribution in [3.05, 3.63) is 29.3 Å². The Morgan fingerprint density at radius 2 is 2.24 bits per heavy atom. The fourth-order valence-corrected chi connectivity index (χ4v) is 2.22. The van der Waals surface area contributed by atoms with Crippen LogP contribution in [-0.4, -0.2) is 56.8 Å². The molecule has 1 aromatic carbocycles. The number of likely N-dealkylation sites (N-methyl/N-ethyl adjacent to an activating group) is 1. The second kappa shape index (κ2) is 8.22. The molecule has 1 fully saturated rings. The third kappa shape index (κ3) is 5.91. The predicted octanol–water partition coefficient (Wildman–Crippen LogP) is 1.56. The molecule has 1 aliphatic rings. The molecule has 5 nitrogen and oxygen atoms in total. The molecule has 0 aliphatic carbocycles. The summed E-state index contributed by atoms with van der Waals surface area (Å²) in [6.07, 6.45) is 0.399. The maximum Gasteiger partial charge on any atom is 0.223 e. The number of ether oxygens (including phenoxy) is 2. The van der Waals surface area contributed by atoms with Gasteiger partial charge in [-0.2, -0.15) is 0 Å². The van der Waals surface area contributed by atoms with Crippen molar-refractivity contribution < 1.29 is 14.3 Å². The van der Waals surface area contributed by atoms with Gasteiger partial charge in [0, 0.05) is 24.7 Å². The van der Waals surface area contributed by atoms with Crippen molar-refractivity contribution in [1.29, 1.82) is 0 Å². The molecule has 0 bridgehead atoms. The maximum absolute atomic E-state index is 11.7. The molecule has 1 N–H and O–H groups in total. The zero-order chi connectivity index (χ0) is 15.1. The number of hydrogen-bond donors (Lipinski definition) is 1. The number of morpholine rings is 1. The van der Waals surface area contributed by atoms with Crippen LogP contribution in [0.2, 0.25) is 5.02 Å². The summed E-state index contributed by atoms with van der Waals surface area (Å²) in [6.45, 7) is 3.40.